The third kappa shape index (κ3) is 3.94. The first-order valence-electron chi connectivity index (χ1n) is 3.85. The minimum Gasteiger partial charge on any atom is -0.394 e. The van der Waals surface area contributed by atoms with Gasteiger partial charge in [-0.25, -0.2) is 0 Å². The summed E-state index contributed by atoms with van der Waals surface area (Å²) >= 11 is 0. The Morgan fingerprint density at radius 1 is 1.07 bits per heavy atom. The predicted molar refractivity (Wildman–Crippen MR) is 43.0 cm³/mol. The van der Waals surface area contributed by atoms with Gasteiger partial charge in [0.1, 0.15) is 24.4 Å². The minimum atomic E-state index is -1.87. The molecule has 8 nitrogen and oxygen atoms in total. The Hall–Kier alpha value is -0.800. The summed E-state index contributed by atoms with van der Waals surface area (Å²) in [6, 6.07) is 0. The second-order valence-corrected chi connectivity index (χ2v) is 2.81. The fraction of sp³-hybridized carbons (Fsp3) is 1.00. The van der Waals surface area contributed by atoms with Gasteiger partial charge in [0.25, 0.3) is 0 Å². The second kappa shape index (κ2) is 5.83. The Labute approximate surface area is 79.2 Å². The molecule has 0 saturated carbocycles. The summed E-state index contributed by atoms with van der Waals surface area (Å²) in [5, 5.41) is 54.2. The zero-order valence-corrected chi connectivity index (χ0v) is 7.22. The zero-order valence-electron chi connectivity index (χ0n) is 7.22. The highest BCUT2D eigenvalue weighted by Crippen LogP contribution is 2.05. The highest BCUT2D eigenvalue weighted by Gasteiger charge is 2.32. The molecule has 0 amide bonds. The smallest absolute Gasteiger partial charge is 0.232 e. The Kier molecular flexibility index (Phi) is 5.50. The van der Waals surface area contributed by atoms with Crippen LogP contribution in [0.4, 0.5) is 0 Å². The number of rotatable bonds is 6. The van der Waals surface area contributed by atoms with Crippen LogP contribution in [0.15, 0.2) is 0 Å². The van der Waals surface area contributed by atoms with Gasteiger partial charge in [0.15, 0.2) is 0 Å². The molecule has 0 aromatic heterocycles. The quantitative estimate of drug-likeness (QED) is 0.228. The van der Waals surface area contributed by atoms with E-state index in [2.05, 4.69) is 0 Å². The lowest BCUT2D eigenvalue weighted by atomic mass is 10.0. The topological polar surface area (TPSA) is 144 Å². The van der Waals surface area contributed by atoms with E-state index < -0.39 is 42.5 Å². The summed E-state index contributed by atoms with van der Waals surface area (Å²) in [5.41, 5.74) is 0. The largest absolute Gasteiger partial charge is 0.394 e. The van der Waals surface area contributed by atoms with Gasteiger partial charge in [-0.3, -0.25) is 10.1 Å². The van der Waals surface area contributed by atoms with Crippen LogP contribution in [0.25, 0.3) is 0 Å². The Bertz CT molecular complexity index is 187. The molecule has 0 bridgehead atoms. The van der Waals surface area contributed by atoms with E-state index in [0.29, 0.717) is 0 Å². The standard InChI is InChI=1S/C6H13NO7/c8-2-4(10)6(12)5(11)3(9)1-7(13)14/h3-6,8-12H,1-2H2/t3?,4-,5-,6-/m0/s1. The number of hydrogen-bond acceptors (Lipinski definition) is 7. The second-order valence-electron chi connectivity index (χ2n) is 2.81. The van der Waals surface area contributed by atoms with Gasteiger partial charge in [-0.1, -0.05) is 0 Å². The van der Waals surface area contributed by atoms with Crippen LogP contribution in [0.5, 0.6) is 0 Å². The Balaban J connectivity index is 4.15. The molecule has 14 heavy (non-hydrogen) atoms. The summed E-state index contributed by atoms with van der Waals surface area (Å²) in [6.45, 7) is -1.76. The van der Waals surface area contributed by atoms with E-state index in [1.807, 2.05) is 0 Å². The number of aliphatic hydroxyl groups is 5. The molecule has 1 unspecified atom stereocenters. The van der Waals surface area contributed by atoms with Crippen molar-refractivity contribution in [1.29, 1.82) is 0 Å². The van der Waals surface area contributed by atoms with Crippen molar-refractivity contribution >= 4 is 0 Å². The molecule has 84 valence electrons. The first kappa shape index (κ1) is 13.2. The lowest BCUT2D eigenvalue weighted by molar-refractivity contribution is -0.493. The molecule has 0 spiro atoms. The van der Waals surface area contributed by atoms with Crippen molar-refractivity contribution in [2.24, 2.45) is 0 Å². The van der Waals surface area contributed by atoms with Crippen LogP contribution in [-0.4, -0.2) is 68.0 Å². The van der Waals surface area contributed by atoms with E-state index in [0.717, 1.165) is 0 Å². The van der Waals surface area contributed by atoms with E-state index >= 15 is 0 Å². The van der Waals surface area contributed by atoms with Crippen molar-refractivity contribution in [3.8, 4) is 0 Å². The van der Waals surface area contributed by atoms with E-state index in [1.165, 1.54) is 0 Å². The number of aliphatic hydroxyl groups excluding tert-OH is 5. The maximum atomic E-state index is 9.92. The normalized spacial score (nSPS) is 19.8. The maximum absolute atomic E-state index is 9.92. The van der Waals surface area contributed by atoms with Crippen molar-refractivity contribution in [2.75, 3.05) is 13.2 Å². The van der Waals surface area contributed by atoms with Crippen molar-refractivity contribution in [3.63, 3.8) is 0 Å². The number of nitro groups is 1. The average Bonchev–Trinajstić information content (AvgIpc) is 2.13. The van der Waals surface area contributed by atoms with Crippen molar-refractivity contribution in [1.82, 2.24) is 0 Å². The molecule has 0 saturated heterocycles. The van der Waals surface area contributed by atoms with Gasteiger partial charge in [-0.05, 0) is 0 Å². The molecule has 0 aromatic carbocycles. The molecule has 8 heteroatoms. The van der Waals surface area contributed by atoms with E-state index in [-0.39, 0.29) is 0 Å². The molecule has 0 heterocycles. The molecule has 0 radical (unpaired) electrons. The van der Waals surface area contributed by atoms with Gasteiger partial charge in [-0.2, -0.15) is 0 Å². The summed E-state index contributed by atoms with van der Waals surface area (Å²) in [6.07, 6.45) is -7.13. The molecule has 0 fully saturated rings. The summed E-state index contributed by atoms with van der Waals surface area (Å²) in [4.78, 5) is 9.05. The van der Waals surface area contributed by atoms with E-state index in [9.17, 15) is 10.1 Å². The van der Waals surface area contributed by atoms with Crippen molar-refractivity contribution in [2.45, 2.75) is 24.4 Å². The van der Waals surface area contributed by atoms with Crippen molar-refractivity contribution < 1.29 is 30.5 Å². The van der Waals surface area contributed by atoms with Crippen LogP contribution >= 0.6 is 0 Å². The molecule has 0 rings (SSSR count). The fourth-order valence-corrected chi connectivity index (χ4v) is 0.824. The van der Waals surface area contributed by atoms with Gasteiger partial charge >= 0.3 is 0 Å². The average molecular weight is 211 g/mol. The van der Waals surface area contributed by atoms with Crippen LogP contribution in [0.3, 0.4) is 0 Å². The summed E-state index contributed by atoms with van der Waals surface area (Å²) in [5.74, 6) is 0. The monoisotopic (exact) mass is 211 g/mol. The van der Waals surface area contributed by atoms with Crippen LogP contribution in [-0.2, 0) is 0 Å². The molecular formula is C6H13NO7. The molecule has 0 aliphatic rings. The van der Waals surface area contributed by atoms with Crippen LogP contribution in [0.1, 0.15) is 0 Å². The highest BCUT2D eigenvalue weighted by atomic mass is 16.6. The first-order chi connectivity index (χ1) is 6.40. The minimum absolute atomic E-state index is 0.816. The molecule has 4 atom stereocenters. The Morgan fingerprint density at radius 2 is 1.50 bits per heavy atom. The molecule has 0 aromatic rings. The molecular weight excluding hydrogens is 198 g/mol. The molecule has 5 N–H and O–H groups in total. The summed E-state index contributed by atoms with van der Waals surface area (Å²) < 4.78 is 0. The van der Waals surface area contributed by atoms with Gasteiger partial charge in [-0.15, -0.1) is 0 Å². The first-order valence-corrected chi connectivity index (χ1v) is 3.85. The number of hydrogen-bond donors (Lipinski definition) is 5. The van der Waals surface area contributed by atoms with Gasteiger partial charge in [0.2, 0.25) is 6.54 Å². The lowest BCUT2D eigenvalue weighted by Crippen LogP contribution is -2.47. The Morgan fingerprint density at radius 3 is 1.86 bits per heavy atom. The third-order valence-corrected chi connectivity index (χ3v) is 1.66. The number of nitrogens with zero attached hydrogens (tertiary/aromatic N) is 1. The maximum Gasteiger partial charge on any atom is 0.232 e. The molecule has 0 aliphatic carbocycles. The molecule has 0 aliphatic heterocycles. The van der Waals surface area contributed by atoms with Crippen LogP contribution < -0.4 is 0 Å². The van der Waals surface area contributed by atoms with Gasteiger partial charge in [0, 0.05) is 4.92 Å². The third-order valence-electron chi connectivity index (χ3n) is 1.66. The zero-order chi connectivity index (χ0) is 11.3. The van der Waals surface area contributed by atoms with Gasteiger partial charge < -0.3 is 25.5 Å². The van der Waals surface area contributed by atoms with E-state index in [4.69, 9.17) is 25.5 Å². The fourth-order valence-electron chi connectivity index (χ4n) is 0.824. The SMILES string of the molecule is O=[N+]([O-])CC(O)[C@H](O)[C@@H](O)[C@@H](O)CO. The predicted octanol–water partition coefficient (Wildman–Crippen LogP) is -3.30. The van der Waals surface area contributed by atoms with Crippen LogP contribution in [0.2, 0.25) is 0 Å². The van der Waals surface area contributed by atoms with E-state index in [1.54, 1.807) is 0 Å². The van der Waals surface area contributed by atoms with Crippen molar-refractivity contribution in [3.05, 3.63) is 10.1 Å². The summed E-state index contributed by atoms with van der Waals surface area (Å²) in [7, 11) is 0. The highest BCUT2D eigenvalue weighted by molar-refractivity contribution is 4.79. The van der Waals surface area contributed by atoms with Gasteiger partial charge in [0.05, 0.1) is 6.61 Å². The lowest BCUT2D eigenvalue weighted by Gasteiger charge is -2.23. The van der Waals surface area contributed by atoms with Crippen LogP contribution in [0, 0.1) is 10.1 Å².